The molecule has 16 heavy (non-hydrogen) atoms. The van der Waals surface area contributed by atoms with Crippen LogP contribution in [0, 0.1) is 0 Å². The lowest BCUT2D eigenvalue weighted by Gasteiger charge is -2.23. The van der Waals surface area contributed by atoms with Crippen molar-refractivity contribution in [3.63, 3.8) is 0 Å². The maximum absolute atomic E-state index is 11.4. The Morgan fingerprint density at radius 3 is 3.06 bits per heavy atom. The van der Waals surface area contributed by atoms with Crippen LogP contribution in [-0.4, -0.2) is 35.6 Å². The summed E-state index contributed by atoms with van der Waals surface area (Å²) in [5, 5.41) is 7.42. The first kappa shape index (κ1) is 11.3. The fraction of sp³-hybridized carbons (Fsp3) is 0.636. The van der Waals surface area contributed by atoms with Crippen LogP contribution in [0.2, 0.25) is 0 Å². The van der Waals surface area contributed by atoms with Crippen molar-refractivity contribution >= 4 is 0 Å². The van der Waals surface area contributed by atoms with Gasteiger partial charge in [-0.15, -0.1) is 0 Å². The van der Waals surface area contributed by atoms with E-state index in [2.05, 4.69) is 10.4 Å². The van der Waals surface area contributed by atoms with Gasteiger partial charge in [0.25, 0.3) is 5.56 Å². The van der Waals surface area contributed by atoms with E-state index >= 15 is 0 Å². The average molecular weight is 223 g/mol. The molecule has 1 aliphatic heterocycles. The van der Waals surface area contributed by atoms with Gasteiger partial charge in [-0.05, 0) is 18.9 Å². The molecule has 2 heterocycles. The molecular formula is C11H17N3O2. The number of aromatic nitrogens is 2. The molecular weight excluding hydrogens is 206 g/mol. The predicted molar refractivity (Wildman–Crippen MR) is 60.3 cm³/mol. The van der Waals surface area contributed by atoms with Crippen molar-refractivity contribution in [1.82, 2.24) is 15.1 Å². The van der Waals surface area contributed by atoms with Gasteiger partial charge in [-0.2, -0.15) is 5.10 Å². The second-order valence-corrected chi connectivity index (χ2v) is 3.93. The second-order valence-electron chi connectivity index (χ2n) is 3.93. The smallest absolute Gasteiger partial charge is 0.266 e. The van der Waals surface area contributed by atoms with E-state index in [-0.39, 0.29) is 5.56 Å². The number of hydrogen-bond acceptors (Lipinski definition) is 4. The highest BCUT2D eigenvalue weighted by atomic mass is 16.5. The molecule has 0 saturated carbocycles. The predicted octanol–water partition coefficient (Wildman–Crippen LogP) is 0.0119. The second kappa shape index (κ2) is 5.77. The molecule has 5 heteroatoms. The molecule has 0 amide bonds. The van der Waals surface area contributed by atoms with Gasteiger partial charge in [0, 0.05) is 38.1 Å². The minimum Gasteiger partial charge on any atom is -0.381 e. The summed E-state index contributed by atoms with van der Waals surface area (Å²) in [6, 6.07) is 3.71. The molecule has 0 aliphatic carbocycles. The number of ether oxygens (including phenoxy) is 1. The van der Waals surface area contributed by atoms with Crippen LogP contribution in [0.15, 0.2) is 23.1 Å². The summed E-state index contributed by atoms with van der Waals surface area (Å²) in [7, 11) is 0. The fourth-order valence-corrected chi connectivity index (χ4v) is 1.83. The molecule has 0 radical (unpaired) electrons. The molecule has 1 aromatic heterocycles. The van der Waals surface area contributed by atoms with Crippen molar-refractivity contribution in [1.29, 1.82) is 0 Å². The molecule has 0 atom stereocenters. The highest BCUT2D eigenvalue weighted by Crippen LogP contribution is 2.05. The molecule has 1 saturated heterocycles. The van der Waals surface area contributed by atoms with Crippen LogP contribution >= 0.6 is 0 Å². The Kier molecular flexibility index (Phi) is 4.07. The summed E-state index contributed by atoms with van der Waals surface area (Å²) in [4.78, 5) is 11.4. The van der Waals surface area contributed by atoms with Crippen molar-refractivity contribution in [2.24, 2.45) is 0 Å². The Balaban J connectivity index is 1.75. The molecule has 1 aromatic rings. The van der Waals surface area contributed by atoms with Crippen molar-refractivity contribution < 1.29 is 4.74 Å². The van der Waals surface area contributed by atoms with Gasteiger partial charge in [-0.3, -0.25) is 4.79 Å². The van der Waals surface area contributed by atoms with Crippen LogP contribution in [0.5, 0.6) is 0 Å². The first-order valence-corrected chi connectivity index (χ1v) is 5.69. The third-order valence-electron chi connectivity index (χ3n) is 2.76. The van der Waals surface area contributed by atoms with E-state index in [1.54, 1.807) is 12.3 Å². The SMILES string of the molecule is O=c1cccnn1CCNC1CCOCC1. The molecule has 2 rings (SSSR count). The fourth-order valence-electron chi connectivity index (χ4n) is 1.83. The highest BCUT2D eigenvalue weighted by molar-refractivity contribution is 4.84. The van der Waals surface area contributed by atoms with Gasteiger partial charge < -0.3 is 10.1 Å². The van der Waals surface area contributed by atoms with E-state index in [1.165, 1.54) is 10.7 Å². The van der Waals surface area contributed by atoms with Gasteiger partial charge in [-0.1, -0.05) is 0 Å². The van der Waals surface area contributed by atoms with Crippen molar-refractivity contribution in [3.8, 4) is 0 Å². The highest BCUT2D eigenvalue weighted by Gasteiger charge is 2.12. The number of nitrogens with zero attached hydrogens (tertiary/aromatic N) is 2. The number of hydrogen-bond donors (Lipinski definition) is 1. The molecule has 0 aromatic carbocycles. The Morgan fingerprint density at radius 2 is 2.31 bits per heavy atom. The first-order chi connectivity index (χ1) is 7.86. The van der Waals surface area contributed by atoms with Crippen LogP contribution < -0.4 is 10.9 Å². The lowest BCUT2D eigenvalue weighted by molar-refractivity contribution is 0.0778. The topological polar surface area (TPSA) is 56.2 Å². The molecule has 1 N–H and O–H groups in total. The summed E-state index contributed by atoms with van der Waals surface area (Å²) in [6.45, 7) is 3.07. The van der Waals surface area contributed by atoms with Crippen molar-refractivity contribution in [2.75, 3.05) is 19.8 Å². The number of rotatable bonds is 4. The van der Waals surface area contributed by atoms with Crippen LogP contribution in [0.1, 0.15) is 12.8 Å². The average Bonchev–Trinajstić information content (AvgIpc) is 2.33. The standard InChI is InChI=1S/C11H17N3O2/c15-11-2-1-5-13-14(11)7-6-12-10-3-8-16-9-4-10/h1-2,5,10,12H,3-4,6-9H2. The van der Waals surface area contributed by atoms with Gasteiger partial charge in [0.05, 0.1) is 6.54 Å². The molecule has 0 bridgehead atoms. The Hall–Kier alpha value is -1.20. The van der Waals surface area contributed by atoms with Gasteiger partial charge in [0.15, 0.2) is 0 Å². The van der Waals surface area contributed by atoms with Crippen LogP contribution in [-0.2, 0) is 11.3 Å². The zero-order chi connectivity index (χ0) is 11.2. The monoisotopic (exact) mass is 223 g/mol. The summed E-state index contributed by atoms with van der Waals surface area (Å²) < 4.78 is 6.75. The Morgan fingerprint density at radius 1 is 1.50 bits per heavy atom. The van der Waals surface area contributed by atoms with Gasteiger partial charge >= 0.3 is 0 Å². The minimum absolute atomic E-state index is 0.0451. The normalized spacial score (nSPS) is 17.5. The van der Waals surface area contributed by atoms with Crippen LogP contribution in [0.3, 0.4) is 0 Å². The third kappa shape index (κ3) is 3.15. The zero-order valence-electron chi connectivity index (χ0n) is 9.26. The van der Waals surface area contributed by atoms with Crippen molar-refractivity contribution in [3.05, 3.63) is 28.7 Å². The number of nitrogens with one attached hydrogen (secondary N) is 1. The van der Waals surface area contributed by atoms with Gasteiger partial charge in [-0.25, -0.2) is 4.68 Å². The minimum atomic E-state index is -0.0451. The molecule has 5 nitrogen and oxygen atoms in total. The zero-order valence-corrected chi connectivity index (χ0v) is 9.26. The quantitative estimate of drug-likeness (QED) is 0.781. The maximum Gasteiger partial charge on any atom is 0.266 e. The van der Waals surface area contributed by atoms with E-state index in [1.807, 2.05) is 0 Å². The Labute approximate surface area is 94.4 Å². The summed E-state index contributed by atoms with van der Waals surface area (Å²) >= 11 is 0. The molecule has 0 unspecified atom stereocenters. The lowest BCUT2D eigenvalue weighted by atomic mass is 10.1. The van der Waals surface area contributed by atoms with Gasteiger partial charge in [0.1, 0.15) is 0 Å². The van der Waals surface area contributed by atoms with Crippen LogP contribution in [0.4, 0.5) is 0 Å². The van der Waals surface area contributed by atoms with E-state index in [9.17, 15) is 4.79 Å². The van der Waals surface area contributed by atoms with Crippen molar-refractivity contribution in [2.45, 2.75) is 25.4 Å². The van der Waals surface area contributed by atoms with E-state index in [4.69, 9.17) is 4.74 Å². The maximum atomic E-state index is 11.4. The molecule has 1 aliphatic rings. The van der Waals surface area contributed by atoms with Gasteiger partial charge in [0.2, 0.25) is 0 Å². The lowest BCUT2D eigenvalue weighted by Crippen LogP contribution is -2.38. The van der Waals surface area contributed by atoms with E-state index < -0.39 is 0 Å². The molecule has 1 fully saturated rings. The van der Waals surface area contributed by atoms with E-state index in [0.29, 0.717) is 12.6 Å². The summed E-state index contributed by atoms with van der Waals surface area (Å²) in [5.41, 5.74) is -0.0451. The van der Waals surface area contributed by atoms with E-state index in [0.717, 1.165) is 32.6 Å². The molecule has 88 valence electrons. The summed E-state index contributed by atoms with van der Waals surface area (Å²) in [6.07, 6.45) is 3.74. The largest absolute Gasteiger partial charge is 0.381 e. The molecule has 0 spiro atoms. The Bertz CT molecular complexity index is 371. The summed E-state index contributed by atoms with van der Waals surface area (Å²) in [5.74, 6) is 0. The first-order valence-electron chi connectivity index (χ1n) is 5.69. The van der Waals surface area contributed by atoms with Crippen LogP contribution in [0.25, 0.3) is 0 Å². The third-order valence-corrected chi connectivity index (χ3v) is 2.76.